The average Bonchev–Trinajstić information content (AvgIpc) is 2.27. The fourth-order valence-electron chi connectivity index (χ4n) is 1.84. The predicted octanol–water partition coefficient (Wildman–Crippen LogP) is 3.00. The highest BCUT2D eigenvalue weighted by molar-refractivity contribution is 7.79. The summed E-state index contributed by atoms with van der Waals surface area (Å²) in [5.74, 6) is 0.977. The van der Waals surface area contributed by atoms with Gasteiger partial charge in [-0.05, 0) is 36.1 Å². The molecule has 0 bridgehead atoms. The molecule has 14 heavy (non-hydrogen) atoms. The van der Waals surface area contributed by atoms with Gasteiger partial charge in [-0.3, -0.25) is 0 Å². The fourth-order valence-corrected chi connectivity index (χ4v) is 2.05. The van der Waals surface area contributed by atoms with Crippen LogP contribution in [-0.2, 0) is 6.42 Å². The van der Waals surface area contributed by atoms with Crippen molar-refractivity contribution in [1.29, 1.82) is 0 Å². The van der Waals surface area contributed by atoms with E-state index in [1.165, 1.54) is 11.1 Å². The second-order valence-corrected chi connectivity index (χ2v) is 3.54. The third-order valence-corrected chi connectivity index (χ3v) is 2.79. The zero-order valence-electron chi connectivity index (χ0n) is 8.12. The molecule has 2 rings (SSSR count). The Morgan fingerprint density at radius 1 is 1.43 bits per heavy atom. The van der Waals surface area contributed by atoms with Gasteiger partial charge in [0.05, 0.1) is 7.11 Å². The summed E-state index contributed by atoms with van der Waals surface area (Å²) in [6, 6.07) is 4.01. The molecule has 0 unspecified atom stereocenters. The van der Waals surface area contributed by atoms with E-state index in [0.29, 0.717) is 0 Å². The largest absolute Gasteiger partial charge is 0.496 e. The Bertz CT molecular complexity index is 394. The standard InChI is InChI=1S/C12H12OS/c1-13-12-7-6-9(8-14)10-4-2-3-5-11(10)12/h2,4,6-8H,3,5H2,1H3. The molecular formula is C12H12OS. The van der Waals surface area contributed by atoms with Gasteiger partial charge in [-0.25, -0.2) is 0 Å². The molecule has 0 N–H and O–H groups in total. The Morgan fingerprint density at radius 3 is 3.00 bits per heavy atom. The first-order valence-corrected chi connectivity index (χ1v) is 5.15. The number of thiocarbonyl (C=S) groups is 1. The molecule has 1 aromatic rings. The molecule has 72 valence electrons. The Hall–Kier alpha value is -1.15. The number of fused-ring (bicyclic) bond motifs is 1. The molecule has 0 aliphatic heterocycles. The Labute approximate surface area is 89.4 Å². The van der Waals surface area contributed by atoms with Crippen LogP contribution < -0.4 is 4.74 Å². The van der Waals surface area contributed by atoms with Crippen molar-refractivity contribution in [3.8, 4) is 5.75 Å². The maximum atomic E-state index is 5.33. The molecule has 0 saturated heterocycles. The van der Waals surface area contributed by atoms with Gasteiger partial charge in [0.25, 0.3) is 0 Å². The van der Waals surface area contributed by atoms with Crippen LogP contribution >= 0.6 is 12.2 Å². The van der Waals surface area contributed by atoms with Gasteiger partial charge < -0.3 is 4.74 Å². The second-order valence-electron chi connectivity index (χ2n) is 3.31. The summed E-state index contributed by atoms with van der Waals surface area (Å²) < 4.78 is 5.33. The SMILES string of the molecule is COc1ccc(C=S)c2c1CCC=C2. The van der Waals surface area contributed by atoms with Crippen molar-refractivity contribution in [2.75, 3.05) is 7.11 Å². The maximum absolute atomic E-state index is 5.33. The van der Waals surface area contributed by atoms with Gasteiger partial charge >= 0.3 is 0 Å². The van der Waals surface area contributed by atoms with Gasteiger partial charge in [0.2, 0.25) is 0 Å². The van der Waals surface area contributed by atoms with E-state index in [-0.39, 0.29) is 0 Å². The average molecular weight is 204 g/mol. The number of hydrogen-bond donors (Lipinski definition) is 0. The Balaban J connectivity index is 2.63. The van der Waals surface area contributed by atoms with E-state index in [1.807, 2.05) is 12.1 Å². The highest BCUT2D eigenvalue weighted by Crippen LogP contribution is 2.30. The predicted molar refractivity (Wildman–Crippen MR) is 63.1 cm³/mol. The molecule has 0 fully saturated rings. The van der Waals surface area contributed by atoms with Crippen LogP contribution in [0.4, 0.5) is 0 Å². The zero-order chi connectivity index (χ0) is 9.97. The Morgan fingerprint density at radius 2 is 2.29 bits per heavy atom. The van der Waals surface area contributed by atoms with E-state index in [9.17, 15) is 0 Å². The van der Waals surface area contributed by atoms with Crippen molar-refractivity contribution < 1.29 is 4.74 Å². The minimum absolute atomic E-state index is 0.977. The summed E-state index contributed by atoms with van der Waals surface area (Å²) in [5, 5.41) is 1.73. The summed E-state index contributed by atoms with van der Waals surface area (Å²) in [7, 11) is 1.71. The molecule has 0 aromatic heterocycles. The summed E-state index contributed by atoms with van der Waals surface area (Å²) in [4.78, 5) is 0. The first-order valence-electron chi connectivity index (χ1n) is 4.68. The number of methoxy groups -OCH3 is 1. The summed E-state index contributed by atoms with van der Waals surface area (Å²) >= 11 is 4.98. The van der Waals surface area contributed by atoms with Crippen molar-refractivity contribution in [2.24, 2.45) is 0 Å². The highest BCUT2D eigenvalue weighted by atomic mass is 32.1. The van der Waals surface area contributed by atoms with E-state index < -0.39 is 0 Å². The summed E-state index contributed by atoms with van der Waals surface area (Å²) in [5.41, 5.74) is 3.63. The van der Waals surface area contributed by atoms with Crippen LogP contribution in [0.2, 0.25) is 0 Å². The van der Waals surface area contributed by atoms with Crippen molar-refractivity contribution in [1.82, 2.24) is 0 Å². The fraction of sp³-hybridized carbons (Fsp3) is 0.250. The van der Waals surface area contributed by atoms with E-state index in [2.05, 4.69) is 12.2 Å². The third-order valence-electron chi connectivity index (χ3n) is 2.54. The van der Waals surface area contributed by atoms with E-state index in [0.717, 1.165) is 24.2 Å². The lowest BCUT2D eigenvalue weighted by Gasteiger charge is -2.16. The van der Waals surface area contributed by atoms with Gasteiger partial charge in [0, 0.05) is 10.9 Å². The first-order chi connectivity index (χ1) is 6.86. The van der Waals surface area contributed by atoms with Crippen LogP contribution in [0.15, 0.2) is 18.2 Å². The molecule has 1 aliphatic rings. The summed E-state index contributed by atoms with van der Waals surface area (Å²) in [6.45, 7) is 0. The molecular weight excluding hydrogens is 192 g/mol. The minimum atomic E-state index is 0.977. The molecule has 0 heterocycles. The lowest BCUT2D eigenvalue weighted by molar-refractivity contribution is 0.409. The quantitative estimate of drug-likeness (QED) is 0.685. The highest BCUT2D eigenvalue weighted by Gasteiger charge is 2.12. The smallest absolute Gasteiger partial charge is 0.122 e. The third kappa shape index (κ3) is 1.46. The van der Waals surface area contributed by atoms with Crippen LogP contribution in [0.1, 0.15) is 23.1 Å². The molecule has 0 spiro atoms. The van der Waals surface area contributed by atoms with E-state index in [4.69, 9.17) is 17.0 Å². The number of rotatable bonds is 2. The van der Waals surface area contributed by atoms with Crippen LogP contribution in [0, 0.1) is 0 Å². The summed E-state index contributed by atoms with van der Waals surface area (Å²) in [6.07, 6.45) is 6.46. The van der Waals surface area contributed by atoms with Crippen molar-refractivity contribution in [3.63, 3.8) is 0 Å². The van der Waals surface area contributed by atoms with Gasteiger partial charge in [-0.15, -0.1) is 0 Å². The molecule has 0 radical (unpaired) electrons. The minimum Gasteiger partial charge on any atom is -0.496 e. The monoisotopic (exact) mass is 204 g/mol. The van der Waals surface area contributed by atoms with Gasteiger partial charge in [-0.2, -0.15) is 0 Å². The number of ether oxygens (including phenoxy) is 1. The van der Waals surface area contributed by atoms with Crippen molar-refractivity contribution in [3.05, 3.63) is 34.9 Å². The van der Waals surface area contributed by atoms with E-state index in [1.54, 1.807) is 12.5 Å². The van der Waals surface area contributed by atoms with Crippen molar-refractivity contribution in [2.45, 2.75) is 12.8 Å². The molecule has 0 amide bonds. The second kappa shape index (κ2) is 3.93. The first kappa shape index (κ1) is 9.41. The van der Waals surface area contributed by atoms with Crippen LogP contribution in [0.5, 0.6) is 5.75 Å². The number of benzene rings is 1. The molecule has 1 nitrogen and oxygen atoms in total. The van der Waals surface area contributed by atoms with Gasteiger partial charge in [0.1, 0.15) is 5.75 Å². The van der Waals surface area contributed by atoms with Crippen LogP contribution in [0.25, 0.3) is 6.08 Å². The van der Waals surface area contributed by atoms with Crippen LogP contribution in [-0.4, -0.2) is 12.5 Å². The maximum Gasteiger partial charge on any atom is 0.122 e. The normalized spacial score (nSPS) is 13.5. The molecule has 1 aromatic carbocycles. The Kier molecular flexibility index (Phi) is 2.64. The lowest BCUT2D eigenvalue weighted by atomic mass is 9.93. The molecule has 1 aliphatic carbocycles. The molecule has 2 heteroatoms. The van der Waals surface area contributed by atoms with Gasteiger partial charge in [-0.1, -0.05) is 24.4 Å². The number of allylic oxidation sites excluding steroid dienone is 1. The lowest BCUT2D eigenvalue weighted by Crippen LogP contribution is -2.01. The van der Waals surface area contributed by atoms with Gasteiger partial charge in [0.15, 0.2) is 0 Å². The van der Waals surface area contributed by atoms with Crippen LogP contribution in [0.3, 0.4) is 0 Å². The zero-order valence-corrected chi connectivity index (χ0v) is 8.93. The topological polar surface area (TPSA) is 9.23 Å². The molecule has 0 saturated carbocycles. The van der Waals surface area contributed by atoms with E-state index >= 15 is 0 Å². The molecule has 0 atom stereocenters. The number of hydrogen-bond acceptors (Lipinski definition) is 2. The van der Waals surface area contributed by atoms with Crippen molar-refractivity contribution >= 4 is 23.7 Å².